The van der Waals surface area contributed by atoms with Crippen molar-refractivity contribution >= 4 is 5.91 Å². The molecule has 0 aliphatic heterocycles. The van der Waals surface area contributed by atoms with Crippen LogP contribution in [-0.4, -0.2) is 5.91 Å². The molecule has 0 aromatic carbocycles. The first-order valence-corrected chi connectivity index (χ1v) is 3.02. The zero-order valence-corrected chi connectivity index (χ0v) is 6.42. The summed E-state index contributed by atoms with van der Waals surface area (Å²) in [6.45, 7) is 5.80. The van der Waals surface area contributed by atoms with E-state index >= 15 is 0 Å². The fourth-order valence-corrected chi connectivity index (χ4v) is 0.352. The van der Waals surface area contributed by atoms with Crippen molar-refractivity contribution in [2.75, 3.05) is 0 Å². The van der Waals surface area contributed by atoms with Crippen LogP contribution in [0.1, 0.15) is 20.8 Å². The molecule has 10 heavy (non-hydrogen) atoms. The Hall–Kier alpha value is -0.990. The van der Waals surface area contributed by atoms with E-state index in [0.717, 1.165) is 0 Å². The lowest BCUT2D eigenvalue weighted by molar-refractivity contribution is -0.113. The maximum Gasteiger partial charge on any atom is 0.309 e. The molecule has 0 N–H and O–H groups in total. The highest BCUT2D eigenvalue weighted by atomic mass is 16.3. The van der Waals surface area contributed by atoms with E-state index < -0.39 is 5.91 Å². The molecule has 0 radical (unpaired) electrons. The predicted molar refractivity (Wildman–Crippen MR) is 39.4 cm³/mol. The van der Waals surface area contributed by atoms with Crippen LogP contribution in [0.15, 0.2) is 17.3 Å². The van der Waals surface area contributed by atoms with Gasteiger partial charge in [0.25, 0.3) is 0 Å². The van der Waals surface area contributed by atoms with Gasteiger partial charge in [0.05, 0.1) is 0 Å². The number of carbonyl (C=O) groups excluding carboxylic acids is 1. The minimum Gasteiger partial charge on any atom is -0.264 e. The summed E-state index contributed by atoms with van der Waals surface area (Å²) in [5, 5.41) is 2.22. The molecular weight excluding hydrogens is 130 g/mol. The summed E-state index contributed by atoms with van der Waals surface area (Å²) >= 11 is 0. The smallest absolute Gasteiger partial charge is 0.264 e. The average Bonchev–Trinajstić information content (AvgIpc) is 1.81. The second-order valence-electron chi connectivity index (χ2n) is 3.13. The predicted octanol–water partition coefficient (Wildman–Crippen LogP) is 1.88. The SMILES string of the molecule is CC(C)(C)/C=C/C(=O)N=O. The van der Waals surface area contributed by atoms with Crippen LogP contribution in [0.4, 0.5) is 0 Å². The molecule has 0 atom stereocenters. The number of amides is 1. The average molecular weight is 141 g/mol. The van der Waals surface area contributed by atoms with E-state index in [1.165, 1.54) is 6.08 Å². The van der Waals surface area contributed by atoms with Gasteiger partial charge in [0, 0.05) is 11.3 Å². The van der Waals surface area contributed by atoms with Crippen molar-refractivity contribution in [1.82, 2.24) is 0 Å². The highest BCUT2D eigenvalue weighted by Gasteiger charge is 2.04. The fraction of sp³-hybridized carbons (Fsp3) is 0.571. The van der Waals surface area contributed by atoms with Gasteiger partial charge in [-0.2, -0.15) is 0 Å². The lowest BCUT2D eigenvalue weighted by Crippen LogP contribution is -1.99. The minimum atomic E-state index is -0.727. The van der Waals surface area contributed by atoms with Gasteiger partial charge in [-0.1, -0.05) is 26.8 Å². The van der Waals surface area contributed by atoms with Crippen molar-refractivity contribution in [3.8, 4) is 0 Å². The van der Waals surface area contributed by atoms with Crippen LogP contribution in [0.3, 0.4) is 0 Å². The summed E-state index contributed by atoms with van der Waals surface area (Å²) in [4.78, 5) is 19.9. The minimum absolute atomic E-state index is 0.0691. The molecule has 0 heterocycles. The molecule has 0 spiro atoms. The van der Waals surface area contributed by atoms with E-state index in [1.54, 1.807) is 6.08 Å². The third-order valence-electron chi connectivity index (χ3n) is 0.816. The van der Waals surface area contributed by atoms with Crippen LogP contribution in [0.5, 0.6) is 0 Å². The fourth-order valence-electron chi connectivity index (χ4n) is 0.352. The molecular formula is C7H11NO2. The standard InChI is InChI=1S/C7H11NO2/c1-7(2,3)5-4-6(9)8-10/h4-5H,1-3H3/b5-4+. The van der Waals surface area contributed by atoms with E-state index in [4.69, 9.17) is 0 Å². The quantitative estimate of drug-likeness (QED) is 0.413. The maximum atomic E-state index is 10.3. The van der Waals surface area contributed by atoms with Crippen LogP contribution in [0, 0.1) is 10.3 Å². The molecule has 0 bridgehead atoms. The molecule has 3 nitrogen and oxygen atoms in total. The largest absolute Gasteiger partial charge is 0.309 e. The summed E-state index contributed by atoms with van der Waals surface area (Å²) in [5.41, 5.74) is -0.0691. The van der Waals surface area contributed by atoms with Gasteiger partial charge in [-0.3, -0.25) is 4.79 Å². The summed E-state index contributed by atoms with van der Waals surface area (Å²) in [7, 11) is 0. The lowest BCUT2D eigenvalue weighted by atomic mass is 9.96. The van der Waals surface area contributed by atoms with Crippen molar-refractivity contribution < 1.29 is 4.79 Å². The van der Waals surface area contributed by atoms with Crippen LogP contribution >= 0.6 is 0 Å². The molecule has 0 aliphatic carbocycles. The Bertz CT molecular complexity index is 165. The first-order valence-electron chi connectivity index (χ1n) is 3.02. The lowest BCUT2D eigenvalue weighted by Gasteiger charge is -2.09. The van der Waals surface area contributed by atoms with Crippen molar-refractivity contribution in [3.63, 3.8) is 0 Å². The molecule has 3 heteroatoms. The summed E-state index contributed by atoms with van der Waals surface area (Å²) in [6, 6.07) is 0. The normalized spacial score (nSPS) is 11.9. The number of hydrogen-bond donors (Lipinski definition) is 0. The Morgan fingerprint density at radius 2 is 1.90 bits per heavy atom. The Morgan fingerprint density at radius 1 is 1.40 bits per heavy atom. The van der Waals surface area contributed by atoms with E-state index in [1.807, 2.05) is 20.8 Å². The molecule has 0 aromatic rings. The van der Waals surface area contributed by atoms with E-state index in [2.05, 4.69) is 5.18 Å². The number of allylic oxidation sites excluding steroid dienone is 1. The van der Waals surface area contributed by atoms with E-state index in [9.17, 15) is 9.70 Å². The monoisotopic (exact) mass is 141 g/mol. The number of nitroso groups, excluding NO2 is 1. The van der Waals surface area contributed by atoms with Crippen LogP contribution in [0.25, 0.3) is 0 Å². The first kappa shape index (κ1) is 9.01. The van der Waals surface area contributed by atoms with Gasteiger partial charge in [-0.25, -0.2) is 0 Å². The third kappa shape index (κ3) is 5.15. The molecule has 0 saturated heterocycles. The number of rotatable bonds is 1. The van der Waals surface area contributed by atoms with E-state index in [-0.39, 0.29) is 5.41 Å². The highest BCUT2D eigenvalue weighted by molar-refractivity contribution is 5.88. The Morgan fingerprint density at radius 3 is 2.20 bits per heavy atom. The second-order valence-corrected chi connectivity index (χ2v) is 3.13. The van der Waals surface area contributed by atoms with Gasteiger partial charge in [0.1, 0.15) is 0 Å². The third-order valence-corrected chi connectivity index (χ3v) is 0.816. The molecule has 0 unspecified atom stereocenters. The van der Waals surface area contributed by atoms with Crippen LogP contribution in [-0.2, 0) is 4.79 Å². The maximum absolute atomic E-state index is 10.3. The van der Waals surface area contributed by atoms with Gasteiger partial charge >= 0.3 is 5.91 Å². The second kappa shape index (κ2) is 3.25. The van der Waals surface area contributed by atoms with Crippen molar-refractivity contribution in [3.05, 3.63) is 17.1 Å². The first-order chi connectivity index (χ1) is 4.45. The van der Waals surface area contributed by atoms with Crippen molar-refractivity contribution in [2.45, 2.75) is 20.8 Å². The molecule has 0 saturated carbocycles. The molecule has 1 amide bonds. The summed E-state index contributed by atoms with van der Waals surface area (Å²) < 4.78 is 0. The van der Waals surface area contributed by atoms with Gasteiger partial charge in [0.2, 0.25) is 0 Å². The van der Waals surface area contributed by atoms with Gasteiger partial charge in [0.15, 0.2) is 0 Å². The van der Waals surface area contributed by atoms with Gasteiger partial charge in [-0.05, 0) is 5.41 Å². The van der Waals surface area contributed by atoms with Crippen molar-refractivity contribution in [1.29, 1.82) is 0 Å². The van der Waals surface area contributed by atoms with E-state index in [0.29, 0.717) is 0 Å². The number of nitrogens with zero attached hydrogens (tertiary/aromatic N) is 1. The summed E-state index contributed by atoms with van der Waals surface area (Å²) in [6.07, 6.45) is 2.84. The Balaban J connectivity index is 4.00. The Kier molecular flexibility index (Phi) is 2.93. The van der Waals surface area contributed by atoms with Gasteiger partial charge in [-0.15, -0.1) is 4.91 Å². The van der Waals surface area contributed by atoms with Crippen LogP contribution in [0.2, 0.25) is 0 Å². The Labute approximate surface area is 60.1 Å². The van der Waals surface area contributed by atoms with Crippen molar-refractivity contribution in [2.24, 2.45) is 10.6 Å². The molecule has 0 rings (SSSR count). The zero-order valence-electron chi connectivity index (χ0n) is 6.42. The molecule has 0 aromatic heterocycles. The molecule has 0 fully saturated rings. The van der Waals surface area contributed by atoms with Crippen LogP contribution < -0.4 is 0 Å². The molecule has 0 aliphatic rings. The zero-order chi connectivity index (χ0) is 8.20. The van der Waals surface area contributed by atoms with Gasteiger partial charge < -0.3 is 0 Å². The number of hydrogen-bond acceptors (Lipinski definition) is 2. The summed E-state index contributed by atoms with van der Waals surface area (Å²) in [5.74, 6) is -0.727. The highest BCUT2D eigenvalue weighted by Crippen LogP contribution is 2.14. The molecule has 56 valence electrons. The number of carbonyl (C=O) groups is 1. The topological polar surface area (TPSA) is 46.5 Å².